The fraction of sp³-hybridized carbons (Fsp3) is 0.467. The summed E-state index contributed by atoms with van der Waals surface area (Å²) in [7, 11) is 0. The lowest BCUT2D eigenvalue weighted by atomic mass is 9.93. The Morgan fingerprint density at radius 3 is 2.80 bits per heavy atom. The van der Waals surface area contributed by atoms with Crippen LogP contribution in [0.25, 0.3) is 0 Å². The van der Waals surface area contributed by atoms with E-state index < -0.39 is 0 Å². The van der Waals surface area contributed by atoms with Gasteiger partial charge in [0.05, 0.1) is 0 Å². The number of hydrogen-bond donors (Lipinski definition) is 0. The molecule has 1 aliphatic carbocycles. The molecule has 1 rings (SSSR count). The molecule has 0 aromatic heterocycles. The van der Waals surface area contributed by atoms with Crippen LogP contribution >= 0.6 is 0 Å². The van der Waals surface area contributed by atoms with Crippen LogP contribution in [0.1, 0.15) is 46.0 Å². The van der Waals surface area contributed by atoms with Gasteiger partial charge in [-0.25, -0.2) is 0 Å². The van der Waals surface area contributed by atoms with Crippen molar-refractivity contribution in [2.45, 2.75) is 46.0 Å². The van der Waals surface area contributed by atoms with Gasteiger partial charge in [-0.2, -0.15) is 0 Å². The summed E-state index contributed by atoms with van der Waals surface area (Å²) in [6.07, 6.45) is 10.3. The molecule has 0 saturated carbocycles. The smallest absolute Gasteiger partial charge is 0.0238 e. The van der Waals surface area contributed by atoms with Crippen LogP contribution in [0.2, 0.25) is 0 Å². The molecule has 0 amide bonds. The monoisotopic (exact) mass is 202 g/mol. The van der Waals surface area contributed by atoms with E-state index in [4.69, 9.17) is 0 Å². The van der Waals surface area contributed by atoms with Crippen LogP contribution in [-0.4, -0.2) is 0 Å². The lowest BCUT2D eigenvalue weighted by molar-refractivity contribution is 0.765. The zero-order valence-corrected chi connectivity index (χ0v) is 10.1. The van der Waals surface area contributed by atoms with Crippen LogP contribution in [0.4, 0.5) is 0 Å². The van der Waals surface area contributed by atoms with Gasteiger partial charge in [0.1, 0.15) is 0 Å². The minimum Gasteiger partial charge on any atom is -0.0988 e. The molecule has 0 unspecified atom stereocenters. The number of hydrogen-bond acceptors (Lipinski definition) is 0. The predicted octanol–water partition coefficient (Wildman–Crippen LogP) is 4.96. The zero-order valence-electron chi connectivity index (χ0n) is 10.1. The molecule has 0 heteroatoms. The lowest BCUT2D eigenvalue weighted by Gasteiger charge is -2.12. The molecule has 0 bridgehead atoms. The maximum absolute atomic E-state index is 4.19. The summed E-state index contributed by atoms with van der Waals surface area (Å²) in [5.41, 5.74) is 5.41. The maximum atomic E-state index is 4.19. The Hall–Kier alpha value is -1.04. The van der Waals surface area contributed by atoms with Crippen LogP contribution in [0.15, 0.2) is 47.6 Å². The average Bonchev–Trinajstić information content (AvgIpc) is 2.44. The molecular formula is C15H22. The van der Waals surface area contributed by atoms with Crippen molar-refractivity contribution in [3.63, 3.8) is 0 Å². The molecule has 0 aliphatic heterocycles. The van der Waals surface area contributed by atoms with Crippen LogP contribution in [0.3, 0.4) is 0 Å². The van der Waals surface area contributed by atoms with E-state index in [9.17, 15) is 0 Å². The van der Waals surface area contributed by atoms with Crippen molar-refractivity contribution in [1.29, 1.82) is 0 Å². The molecular weight excluding hydrogens is 180 g/mol. The van der Waals surface area contributed by atoms with Gasteiger partial charge in [0.25, 0.3) is 0 Å². The third-order valence-corrected chi connectivity index (χ3v) is 3.18. The van der Waals surface area contributed by atoms with E-state index in [1.165, 1.54) is 41.6 Å². The zero-order chi connectivity index (χ0) is 11.3. The molecule has 15 heavy (non-hydrogen) atoms. The Bertz CT molecular complexity index is 313. The van der Waals surface area contributed by atoms with Gasteiger partial charge in [0, 0.05) is 0 Å². The van der Waals surface area contributed by atoms with Gasteiger partial charge in [0.15, 0.2) is 0 Å². The maximum Gasteiger partial charge on any atom is -0.0238 e. The largest absolute Gasteiger partial charge is 0.0988 e. The van der Waals surface area contributed by atoms with Crippen LogP contribution in [0.5, 0.6) is 0 Å². The second kappa shape index (κ2) is 5.75. The molecule has 1 aliphatic rings. The average molecular weight is 202 g/mol. The highest BCUT2D eigenvalue weighted by Crippen LogP contribution is 2.29. The number of allylic oxidation sites excluding steroid dienone is 6. The molecule has 0 aromatic rings. The van der Waals surface area contributed by atoms with Crippen molar-refractivity contribution in [3.05, 3.63) is 47.6 Å². The second-order valence-corrected chi connectivity index (χ2v) is 4.18. The van der Waals surface area contributed by atoms with Crippen LogP contribution in [-0.2, 0) is 0 Å². The summed E-state index contributed by atoms with van der Waals surface area (Å²) in [5, 5.41) is 0. The Kier molecular flexibility index (Phi) is 4.61. The standard InChI is InChI=1S/C15H22/c1-5-14(6-2)13(4)15-11-9-7-8-10-12(15)3/h5,11H,1,3,6-10H2,2,4H3. The summed E-state index contributed by atoms with van der Waals surface area (Å²) < 4.78 is 0. The molecule has 0 spiro atoms. The molecule has 0 fully saturated rings. The van der Waals surface area contributed by atoms with Gasteiger partial charge in [-0.3, -0.25) is 0 Å². The quantitative estimate of drug-likeness (QED) is 0.568. The Labute approximate surface area is 94.1 Å². The fourth-order valence-electron chi connectivity index (χ4n) is 2.16. The minimum absolute atomic E-state index is 1.06. The third-order valence-electron chi connectivity index (χ3n) is 3.18. The Morgan fingerprint density at radius 2 is 2.20 bits per heavy atom. The summed E-state index contributed by atoms with van der Waals surface area (Å²) in [6.45, 7) is 12.5. The normalized spacial score (nSPS) is 19.1. The first-order valence-corrected chi connectivity index (χ1v) is 5.91. The van der Waals surface area contributed by atoms with Crippen molar-refractivity contribution >= 4 is 0 Å². The van der Waals surface area contributed by atoms with Crippen molar-refractivity contribution in [2.75, 3.05) is 0 Å². The summed E-state index contributed by atoms with van der Waals surface area (Å²) in [6, 6.07) is 0. The third kappa shape index (κ3) is 2.95. The van der Waals surface area contributed by atoms with Gasteiger partial charge >= 0.3 is 0 Å². The lowest BCUT2D eigenvalue weighted by Crippen LogP contribution is -1.93. The van der Waals surface area contributed by atoms with Gasteiger partial charge < -0.3 is 0 Å². The van der Waals surface area contributed by atoms with E-state index in [0.717, 1.165) is 12.8 Å². The van der Waals surface area contributed by atoms with E-state index in [1.54, 1.807) is 0 Å². The topological polar surface area (TPSA) is 0 Å². The molecule has 82 valence electrons. The highest BCUT2D eigenvalue weighted by atomic mass is 14.2. The molecule has 0 atom stereocenters. The van der Waals surface area contributed by atoms with E-state index in [2.05, 4.69) is 33.1 Å². The summed E-state index contributed by atoms with van der Waals surface area (Å²) >= 11 is 0. The van der Waals surface area contributed by atoms with Gasteiger partial charge in [-0.1, -0.05) is 32.2 Å². The van der Waals surface area contributed by atoms with Crippen molar-refractivity contribution in [1.82, 2.24) is 0 Å². The SMILES string of the molecule is C=CC(CC)=C(C)C1=CCCCCC1=C. The molecule has 0 N–H and O–H groups in total. The Balaban J connectivity index is 3.03. The first kappa shape index (κ1) is 12.0. The molecule has 0 saturated heterocycles. The highest BCUT2D eigenvalue weighted by Gasteiger charge is 2.10. The minimum atomic E-state index is 1.06. The van der Waals surface area contributed by atoms with Crippen molar-refractivity contribution in [3.8, 4) is 0 Å². The van der Waals surface area contributed by atoms with Crippen molar-refractivity contribution < 1.29 is 0 Å². The molecule has 0 nitrogen and oxygen atoms in total. The summed E-state index contributed by atoms with van der Waals surface area (Å²) in [5.74, 6) is 0. The van der Waals surface area contributed by atoms with E-state index in [0.29, 0.717) is 0 Å². The van der Waals surface area contributed by atoms with E-state index in [1.807, 2.05) is 6.08 Å². The Morgan fingerprint density at radius 1 is 1.47 bits per heavy atom. The number of rotatable bonds is 3. The second-order valence-electron chi connectivity index (χ2n) is 4.18. The molecule has 0 heterocycles. The predicted molar refractivity (Wildman–Crippen MR) is 68.9 cm³/mol. The van der Waals surface area contributed by atoms with Gasteiger partial charge in [-0.05, 0) is 61.3 Å². The molecule has 0 radical (unpaired) electrons. The molecule has 0 aromatic carbocycles. The first-order valence-electron chi connectivity index (χ1n) is 5.91. The first-order chi connectivity index (χ1) is 7.20. The van der Waals surface area contributed by atoms with Crippen LogP contribution in [0, 0.1) is 0 Å². The van der Waals surface area contributed by atoms with Gasteiger partial charge in [-0.15, -0.1) is 0 Å². The van der Waals surface area contributed by atoms with Crippen molar-refractivity contribution in [2.24, 2.45) is 0 Å². The van der Waals surface area contributed by atoms with E-state index in [-0.39, 0.29) is 0 Å². The fourth-order valence-corrected chi connectivity index (χ4v) is 2.16. The van der Waals surface area contributed by atoms with E-state index >= 15 is 0 Å². The van der Waals surface area contributed by atoms with Gasteiger partial charge in [0.2, 0.25) is 0 Å². The van der Waals surface area contributed by atoms with Crippen LogP contribution < -0.4 is 0 Å². The summed E-state index contributed by atoms with van der Waals surface area (Å²) in [4.78, 5) is 0. The highest BCUT2D eigenvalue weighted by molar-refractivity contribution is 5.49.